The maximum absolute atomic E-state index is 12.1. The molecule has 1 saturated heterocycles. The van der Waals surface area contributed by atoms with Gasteiger partial charge in [-0.05, 0) is 44.5 Å². The molecule has 2 atom stereocenters. The van der Waals surface area contributed by atoms with Crippen LogP contribution in [-0.4, -0.2) is 41.8 Å². The first kappa shape index (κ1) is 17.3. The largest absolute Gasteiger partial charge is 0.463 e. The average molecular weight is 344 g/mol. The molecule has 1 aliphatic rings. The van der Waals surface area contributed by atoms with Crippen molar-refractivity contribution >= 4 is 11.8 Å². The standard InChI is InChI=1S/C18H24N4O3/c1-13-6-7-15(25-13)18(2,24)12-20-17(23)21-14-8-10-22(11-14)16-5-3-4-9-19-16/h3-7,9,14,24H,8,10-12H2,1-2H3,(H2,20,21,23). The Morgan fingerprint density at radius 3 is 2.96 bits per heavy atom. The lowest BCUT2D eigenvalue weighted by atomic mass is 10.0. The molecule has 2 amide bonds. The van der Waals surface area contributed by atoms with Crippen LogP contribution in [0.1, 0.15) is 24.9 Å². The van der Waals surface area contributed by atoms with Gasteiger partial charge in [-0.2, -0.15) is 0 Å². The summed E-state index contributed by atoms with van der Waals surface area (Å²) in [5, 5.41) is 16.1. The third kappa shape index (κ3) is 4.30. The Morgan fingerprint density at radius 1 is 1.44 bits per heavy atom. The highest BCUT2D eigenvalue weighted by Crippen LogP contribution is 2.22. The number of nitrogens with zero attached hydrogens (tertiary/aromatic N) is 2. The average Bonchev–Trinajstić information content (AvgIpc) is 3.23. The molecule has 3 rings (SSSR count). The number of aliphatic hydroxyl groups is 1. The lowest BCUT2D eigenvalue weighted by Gasteiger charge is -2.22. The Bertz CT molecular complexity index is 714. The van der Waals surface area contributed by atoms with Crippen molar-refractivity contribution < 1.29 is 14.3 Å². The zero-order valence-electron chi connectivity index (χ0n) is 14.5. The van der Waals surface area contributed by atoms with Crippen LogP contribution in [0.4, 0.5) is 10.6 Å². The third-order valence-electron chi connectivity index (χ3n) is 4.36. The quantitative estimate of drug-likeness (QED) is 0.769. The van der Waals surface area contributed by atoms with E-state index in [1.807, 2.05) is 25.1 Å². The zero-order valence-corrected chi connectivity index (χ0v) is 14.5. The Hall–Kier alpha value is -2.54. The van der Waals surface area contributed by atoms with Crippen molar-refractivity contribution in [2.45, 2.75) is 31.9 Å². The molecule has 25 heavy (non-hydrogen) atoms. The number of aromatic nitrogens is 1. The van der Waals surface area contributed by atoms with Crippen molar-refractivity contribution in [1.82, 2.24) is 15.6 Å². The second kappa shape index (κ2) is 7.14. The third-order valence-corrected chi connectivity index (χ3v) is 4.36. The van der Waals surface area contributed by atoms with Crippen molar-refractivity contribution in [2.24, 2.45) is 0 Å². The maximum Gasteiger partial charge on any atom is 0.315 e. The fraction of sp³-hybridized carbons (Fsp3) is 0.444. The van der Waals surface area contributed by atoms with Crippen molar-refractivity contribution in [2.75, 3.05) is 24.5 Å². The molecule has 134 valence electrons. The summed E-state index contributed by atoms with van der Waals surface area (Å²) in [7, 11) is 0. The van der Waals surface area contributed by atoms with Gasteiger partial charge in [0.25, 0.3) is 0 Å². The topological polar surface area (TPSA) is 90.6 Å². The molecule has 0 aliphatic carbocycles. The van der Waals surface area contributed by atoms with E-state index in [9.17, 15) is 9.90 Å². The molecule has 7 nitrogen and oxygen atoms in total. The van der Waals surface area contributed by atoms with Gasteiger partial charge < -0.3 is 25.1 Å². The van der Waals surface area contributed by atoms with E-state index in [4.69, 9.17) is 4.42 Å². The summed E-state index contributed by atoms with van der Waals surface area (Å²) in [4.78, 5) is 18.6. The van der Waals surface area contributed by atoms with Crippen LogP contribution in [0.15, 0.2) is 40.9 Å². The van der Waals surface area contributed by atoms with Gasteiger partial charge in [0.15, 0.2) is 0 Å². The van der Waals surface area contributed by atoms with Gasteiger partial charge in [0.2, 0.25) is 0 Å². The number of carbonyl (C=O) groups excluding carboxylic acids is 1. The fourth-order valence-electron chi connectivity index (χ4n) is 2.93. The first-order valence-electron chi connectivity index (χ1n) is 8.44. The van der Waals surface area contributed by atoms with Gasteiger partial charge in [-0.1, -0.05) is 6.07 Å². The molecule has 3 heterocycles. The summed E-state index contributed by atoms with van der Waals surface area (Å²) < 4.78 is 5.44. The number of amides is 2. The van der Waals surface area contributed by atoms with Gasteiger partial charge in [-0.15, -0.1) is 0 Å². The fourth-order valence-corrected chi connectivity index (χ4v) is 2.93. The second-order valence-electron chi connectivity index (χ2n) is 6.63. The Kier molecular flexibility index (Phi) is 4.94. The van der Waals surface area contributed by atoms with Crippen LogP contribution in [0, 0.1) is 6.92 Å². The normalized spacial score (nSPS) is 19.5. The van der Waals surface area contributed by atoms with Crippen LogP contribution in [0.3, 0.4) is 0 Å². The number of rotatable bonds is 5. The molecular weight excluding hydrogens is 320 g/mol. The lowest BCUT2D eigenvalue weighted by Crippen LogP contribution is -2.47. The van der Waals surface area contributed by atoms with Gasteiger partial charge in [-0.25, -0.2) is 9.78 Å². The summed E-state index contributed by atoms with van der Waals surface area (Å²) in [6.07, 6.45) is 2.62. The molecule has 2 aromatic rings. The Balaban J connectivity index is 1.47. The Labute approximate surface area is 147 Å². The van der Waals surface area contributed by atoms with Crippen molar-refractivity contribution in [3.63, 3.8) is 0 Å². The van der Waals surface area contributed by atoms with Gasteiger partial charge in [0.05, 0.1) is 6.54 Å². The number of pyridine rings is 1. The minimum absolute atomic E-state index is 0.0535. The van der Waals surface area contributed by atoms with Gasteiger partial charge in [0.1, 0.15) is 22.9 Å². The molecule has 0 saturated carbocycles. The zero-order chi connectivity index (χ0) is 17.9. The molecule has 2 aromatic heterocycles. The van der Waals surface area contributed by atoms with E-state index in [2.05, 4.69) is 20.5 Å². The van der Waals surface area contributed by atoms with E-state index in [1.165, 1.54) is 0 Å². The summed E-state index contributed by atoms with van der Waals surface area (Å²) in [6, 6.07) is 9.06. The van der Waals surface area contributed by atoms with Crippen molar-refractivity contribution in [3.8, 4) is 0 Å². The summed E-state index contributed by atoms with van der Waals surface area (Å²) in [5.41, 5.74) is -1.25. The highest BCUT2D eigenvalue weighted by atomic mass is 16.4. The van der Waals surface area contributed by atoms with Crippen LogP contribution in [0.5, 0.6) is 0 Å². The number of furan rings is 1. The van der Waals surface area contributed by atoms with Crippen LogP contribution < -0.4 is 15.5 Å². The minimum atomic E-state index is -1.25. The molecule has 0 radical (unpaired) electrons. The van der Waals surface area contributed by atoms with Gasteiger partial charge in [0, 0.05) is 25.3 Å². The van der Waals surface area contributed by atoms with Crippen molar-refractivity contribution in [3.05, 3.63) is 48.0 Å². The maximum atomic E-state index is 12.1. The molecule has 1 fully saturated rings. The first-order valence-corrected chi connectivity index (χ1v) is 8.44. The van der Waals surface area contributed by atoms with E-state index in [1.54, 1.807) is 25.3 Å². The number of hydrogen-bond acceptors (Lipinski definition) is 5. The monoisotopic (exact) mass is 344 g/mol. The van der Waals surface area contributed by atoms with E-state index in [0.717, 1.165) is 31.1 Å². The molecule has 0 bridgehead atoms. The summed E-state index contributed by atoms with van der Waals surface area (Å²) in [6.45, 7) is 5.07. The number of nitrogens with one attached hydrogen (secondary N) is 2. The molecule has 3 N–H and O–H groups in total. The van der Waals surface area contributed by atoms with Gasteiger partial charge in [-0.3, -0.25) is 0 Å². The highest BCUT2D eigenvalue weighted by Gasteiger charge is 2.29. The number of hydrogen-bond donors (Lipinski definition) is 3. The molecule has 0 spiro atoms. The SMILES string of the molecule is Cc1ccc(C(C)(O)CNC(=O)NC2CCN(c3ccccn3)C2)o1. The van der Waals surface area contributed by atoms with Crippen LogP contribution in [-0.2, 0) is 5.60 Å². The lowest BCUT2D eigenvalue weighted by molar-refractivity contribution is 0.0359. The molecule has 1 aliphatic heterocycles. The predicted octanol–water partition coefficient (Wildman–Crippen LogP) is 1.77. The smallest absolute Gasteiger partial charge is 0.315 e. The van der Waals surface area contributed by atoms with E-state index in [0.29, 0.717) is 5.76 Å². The second-order valence-corrected chi connectivity index (χ2v) is 6.63. The molecular formula is C18H24N4O3. The Morgan fingerprint density at radius 2 is 2.28 bits per heavy atom. The van der Waals surface area contributed by atoms with Crippen LogP contribution >= 0.6 is 0 Å². The number of carbonyl (C=O) groups is 1. The van der Waals surface area contributed by atoms with Gasteiger partial charge >= 0.3 is 6.03 Å². The van der Waals surface area contributed by atoms with Crippen molar-refractivity contribution in [1.29, 1.82) is 0 Å². The minimum Gasteiger partial charge on any atom is -0.463 e. The molecule has 7 heteroatoms. The summed E-state index contributed by atoms with van der Waals surface area (Å²) >= 11 is 0. The van der Waals surface area contributed by atoms with Crippen LogP contribution in [0.2, 0.25) is 0 Å². The number of aryl methyl sites for hydroxylation is 1. The molecule has 2 unspecified atom stereocenters. The van der Waals surface area contributed by atoms with E-state index in [-0.39, 0.29) is 18.6 Å². The first-order chi connectivity index (χ1) is 11.9. The number of urea groups is 1. The summed E-state index contributed by atoms with van der Waals surface area (Å²) in [5.74, 6) is 2.08. The van der Waals surface area contributed by atoms with E-state index < -0.39 is 5.60 Å². The van der Waals surface area contributed by atoms with Crippen LogP contribution in [0.25, 0.3) is 0 Å². The van der Waals surface area contributed by atoms with E-state index >= 15 is 0 Å². The highest BCUT2D eigenvalue weighted by molar-refractivity contribution is 5.74. The number of anilines is 1. The predicted molar refractivity (Wildman–Crippen MR) is 94.4 cm³/mol. The molecule has 0 aromatic carbocycles.